The molecule has 1 rings (SSSR count). The molecule has 1 atom stereocenters. The van der Waals surface area contributed by atoms with Crippen molar-refractivity contribution in [3.63, 3.8) is 0 Å². The lowest BCUT2D eigenvalue weighted by Crippen LogP contribution is -2.32. The largest absolute Gasteiger partial charge is 0.391 e. The second kappa shape index (κ2) is 6.17. The summed E-state index contributed by atoms with van der Waals surface area (Å²) < 4.78 is 12.7. The smallest absolute Gasteiger partial charge is 0.251 e. The van der Waals surface area contributed by atoms with Gasteiger partial charge in [0.05, 0.1) is 6.10 Å². The summed E-state index contributed by atoms with van der Waals surface area (Å²) in [7, 11) is 0. The quantitative estimate of drug-likeness (QED) is 0.739. The number of hydrogen-bond acceptors (Lipinski definition) is 3. The molecule has 0 fully saturated rings. The number of aliphatic hydroxyl groups excluding tert-OH is 1. The molecule has 1 aromatic heterocycles. The van der Waals surface area contributed by atoms with Crippen LogP contribution < -0.4 is 5.32 Å². The highest BCUT2D eigenvalue weighted by atomic mass is 19.1. The third kappa shape index (κ3) is 3.94. The fraction of sp³-hybridized carbons (Fsp3) is 0.455. The van der Waals surface area contributed by atoms with Gasteiger partial charge in [-0.15, -0.1) is 0 Å². The molecule has 4 nitrogen and oxygen atoms in total. The van der Waals surface area contributed by atoms with E-state index < -0.39 is 18.0 Å². The molecular weight excluding hydrogens is 211 g/mol. The minimum absolute atomic E-state index is 0.177. The van der Waals surface area contributed by atoms with Gasteiger partial charge < -0.3 is 10.4 Å². The molecule has 0 spiro atoms. The number of carbonyl (C=O) groups excluding carboxylic acids is 1. The maximum atomic E-state index is 12.7. The van der Waals surface area contributed by atoms with Crippen LogP contribution in [0.3, 0.4) is 0 Å². The van der Waals surface area contributed by atoms with Gasteiger partial charge >= 0.3 is 0 Å². The number of halogens is 1. The SMILES string of the molecule is CCCC(O)CNC(=O)c1ccnc(F)c1. The lowest BCUT2D eigenvalue weighted by molar-refractivity contribution is 0.0909. The number of nitrogens with zero attached hydrogens (tertiary/aromatic N) is 1. The van der Waals surface area contributed by atoms with Gasteiger partial charge in [-0.3, -0.25) is 4.79 Å². The van der Waals surface area contributed by atoms with Gasteiger partial charge in [0.1, 0.15) is 0 Å². The van der Waals surface area contributed by atoms with Crippen molar-refractivity contribution in [2.75, 3.05) is 6.54 Å². The van der Waals surface area contributed by atoms with Crippen LogP contribution in [0.5, 0.6) is 0 Å². The number of pyridine rings is 1. The van der Waals surface area contributed by atoms with E-state index in [-0.39, 0.29) is 12.1 Å². The molecule has 1 unspecified atom stereocenters. The first-order chi connectivity index (χ1) is 7.63. The van der Waals surface area contributed by atoms with Crippen LogP contribution in [0.15, 0.2) is 18.3 Å². The van der Waals surface area contributed by atoms with Crippen molar-refractivity contribution in [1.29, 1.82) is 0 Å². The van der Waals surface area contributed by atoms with Crippen LogP contribution in [-0.4, -0.2) is 28.6 Å². The van der Waals surface area contributed by atoms with E-state index in [9.17, 15) is 14.3 Å². The third-order valence-electron chi connectivity index (χ3n) is 2.11. The Bertz CT molecular complexity index is 358. The lowest BCUT2D eigenvalue weighted by atomic mass is 10.2. The van der Waals surface area contributed by atoms with Crippen LogP contribution in [0.1, 0.15) is 30.1 Å². The molecule has 0 aromatic carbocycles. The highest BCUT2D eigenvalue weighted by Gasteiger charge is 2.09. The van der Waals surface area contributed by atoms with Gasteiger partial charge in [-0.2, -0.15) is 4.39 Å². The van der Waals surface area contributed by atoms with Gasteiger partial charge in [-0.05, 0) is 12.5 Å². The molecule has 16 heavy (non-hydrogen) atoms. The molecular formula is C11H15FN2O2. The Morgan fingerprint density at radius 2 is 2.44 bits per heavy atom. The highest BCUT2D eigenvalue weighted by molar-refractivity contribution is 5.93. The molecule has 0 saturated carbocycles. The van der Waals surface area contributed by atoms with E-state index in [0.717, 1.165) is 12.5 Å². The summed E-state index contributed by atoms with van der Waals surface area (Å²) in [6, 6.07) is 2.48. The van der Waals surface area contributed by atoms with Crippen molar-refractivity contribution >= 4 is 5.91 Å². The number of hydrogen-bond donors (Lipinski definition) is 2. The van der Waals surface area contributed by atoms with Crippen LogP contribution in [0.2, 0.25) is 0 Å². The van der Waals surface area contributed by atoms with Gasteiger partial charge in [0.25, 0.3) is 5.91 Å². The molecule has 0 saturated heterocycles. The fourth-order valence-corrected chi connectivity index (χ4v) is 1.29. The van der Waals surface area contributed by atoms with Gasteiger partial charge in [0.15, 0.2) is 0 Å². The van der Waals surface area contributed by atoms with Crippen molar-refractivity contribution in [3.8, 4) is 0 Å². The van der Waals surface area contributed by atoms with Crippen molar-refractivity contribution in [3.05, 3.63) is 29.8 Å². The number of nitrogens with one attached hydrogen (secondary N) is 1. The summed E-state index contributed by atoms with van der Waals surface area (Å²) in [6.07, 6.45) is 2.15. The minimum Gasteiger partial charge on any atom is -0.391 e. The first-order valence-corrected chi connectivity index (χ1v) is 5.21. The Labute approximate surface area is 93.5 Å². The zero-order chi connectivity index (χ0) is 12.0. The topological polar surface area (TPSA) is 62.2 Å². The average molecular weight is 226 g/mol. The van der Waals surface area contributed by atoms with E-state index in [2.05, 4.69) is 10.3 Å². The maximum Gasteiger partial charge on any atom is 0.251 e. The van der Waals surface area contributed by atoms with Crippen molar-refractivity contribution < 1.29 is 14.3 Å². The molecule has 0 aliphatic heterocycles. The molecule has 0 radical (unpaired) electrons. The predicted molar refractivity (Wildman–Crippen MR) is 57.4 cm³/mol. The van der Waals surface area contributed by atoms with E-state index >= 15 is 0 Å². The Morgan fingerprint density at radius 1 is 1.69 bits per heavy atom. The summed E-state index contributed by atoms with van der Waals surface area (Å²) in [6.45, 7) is 2.12. The predicted octanol–water partition coefficient (Wildman–Crippen LogP) is 1.11. The second-order valence-electron chi connectivity index (χ2n) is 3.52. The number of aliphatic hydroxyl groups is 1. The molecule has 0 aliphatic carbocycles. The van der Waals surface area contributed by atoms with E-state index in [1.807, 2.05) is 6.92 Å². The molecule has 88 valence electrons. The van der Waals surface area contributed by atoms with Crippen molar-refractivity contribution in [1.82, 2.24) is 10.3 Å². The number of rotatable bonds is 5. The molecule has 1 aromatic rings. The summed E-state index contributed by atoms with van der Waals surface area (Å²) in [5, 5.41) is 11.9. The molecule has 1 amide bonds. The molecule has 0 aliphatic rings. The average Bonchev–Trinajstić information content (AvgIpc) is 2.26. The summed E-state index contributed by atoms with van der Waals surface area (Å²) in [5.74, 6) is -1.10. The van der Waals surface area contributed by atoms with E-state index in [4.69, 9.17) is 0 Å². The van der Waals surface area contributed by atoms with Crippen LogP contribution in [0.25, 0.3) is 0 Å². The van der Waals surface area contributed by atoms with Crippen LogP contribution in [0, 0.1) is 5.95 Å². The Hall–Kier alpha value is -1.49. The number of carbonyl (C=O) groups is 1. The maximum absolute atomic E-state index is 12.7. The monoisotopic (exact) mass is 226 g/mol. The Morgan fingerprint density at radius 3 is 3.06 bits per heavy atom. The fourth-order valence-electron chi connectivity index (χ4n) is 1.29. The van der Waals surface area contributed by atoms with Crippen LogP contribution in [-0.2, 0) is 0 Å². The Kier molecular flexibility index (Phi) is 4.85. The molecule has 2 N–H and O–H groups in total. The molecule has 1 heterocycles. The van der Waals surface area contributed by atoms with E-state index in [1.165, 1.54) is 12.3 Å². The summed E-state index contributed by atoms with van der Waals surface area (Å²) >= 11 is 0. The standard InChI is InChI=1S/C11H15FN2O2/c1-2-3-9(15)7-14-11(16)8-4-5-13-10(12)6-8/h4-6,9,15H,2-3,7H2,1H3,(H,14,16). The van der Waals surface area contributed by atoms with E-state index in [1.54, 1.807) is 0 Å². The minimum atomic E-state index is -0.693. The molecule has 0 bridgehead atoms. The second-order valence-corrected chi connectivity index (χ2v) is 3.52. The Balaban J connectivity index is 2.47. The first-order valence-electron chi connectivity index (χ1n) is 5.21. The summed E-state index contributed by atoms with van der Waals surface area (Å²) in [4.78, 5) is 14.8. The lowest BCUT2D eigenvalue weighted by Gasteiger charge is -2.10. The molecule has 5 heteroatoms. The van der Waals surface area contributed by atoms with Gasteiger partial charge in [0.2, 0.25) is 5.95 Å². The van der Waals surface area contributed by atoms with Crippen molar-refractivity contribution in [2.24, 2.45) is 0 Å². The number of aromatic nitrogens is 1. The zero-order valence-corrected chi connectivity index (χ0v) is 9.11. The zero-order valence-electron chi connectivity index (χ0n) is 9.11. The highest BCUT2D eigenvalue weighted by Crippen LogP contribution is 2.00. The third-order valence-corrected chi connectivity index (χ3v) is 2.11. The van der Waals surface area contributed by atoms with Crippen LogP contribution in [0.4, 0.5) is 4.39 Å². The van der Waals surface area contributed by atoms with Gasteiger partial charge in [-0.1, -0.05) is 13.3 Å². The van der Waals surface area contributed by atoms with Gasteiger partial charge in [-0.25, -0.2) is 4.98 Å². The van der Waals surface area contributed by atoms with Gasteiger partial charge in [0, 0.05) is 24.4 Å². The van der Waals surface area contributed by atoms with Crippen LogP contribution >= 0.6 is 0 Å². The normalized spacial score (nSPS) is 12.2. The first kappa shape index (κ1) is 12.6. The summed E-state index contributed by atoms with van der Waals surface area (Å²) in [5.41, 5.74) is 0.205. The number of amides is 1. The van der Waals surface area contributed by atoms with E-state index in [0.29, 0.717) is 6.42 Å². The van der Waals surface area contributed by atoms with Crippen molar-refractivity contribution in [2.45, 2.75) is 25.9 Å².